The molecule has 0 radical (unpaired) electrons. The molecule has 35 heavy (non-hydrogen) atoms. The predicted molar refractivity (Wildman–Crippen MR) is 143 cm³/mol. The van der Waals surface area contributed by atoms with E-state index in [1.54, 1.807) is 55.8 Å². The third-order valence-corrected chi connectivity index (χ3v) is 5.18. The van der Waals surface area contributed by atoms with Gasteiger partial charge in [0.2, 0.25) is 0 Å². The van der Waals surface area contributed by atoms with Crippen LogP contribution in [-0.4, -0.2) is 36.2 Å². The number of pyridine rings is 1. The third-order valence-electron chi connectivity index (χ3n) is 4.78. The smallest absolute Gasteiger partial charge is 0.258 e. The molecule has 0 bridgehead atoms. The number of nitrogens with one attached hydrogen (secondary N) is 3. The summed E-state index contributed by atoms with van der Waals surface area (Å²) in [6.07, 6.45) is 6.82. The van der Waals surface area contributed by atoms with Gasteiger partial charge >= 0.3 is 0 Å². The zero-order chi connectivity index (χ0) is 25.4. The lowest BCUT2D eigenvalue weighted by Crippen LogP contribution is -2.17. The number of amides is 1. The maximum atomic E-state index is 12.4. The highest BCUT2D eigenvalue weighted by molar-refractivity contribution is 6.36. The molecular formula is C24H24ClN9O. The van der Waals surface area contributed by atoms with Gasteiger partial charge in [0.25, 0.3) is 5.91 Å². The number of halogens is 1. The zero-order valence-corrected chi connectivity index (χ0v) is 19.5. The Bertz CT molecular complexity index is 1350. The molecule has 0 atom stereocenters. The molecular weight excluding hydrogens is 466 g/mol. The minimum absolute atomic E-state index is 0.179. The van der Waals surface area contributed by atoms with E-state index in [1.807, 2.05) is 6.07 Å². The summed E-state index contributed by atoms with van der Waals surface area (Å²) in [6, 6.07) is 12.0. The molecule has 0 aliphatic rings. The molecule has 10 nitrogen and oxygen atoms in total. The van der Waals surface area contributed by atoms with Crippen LogP contribution in [0.3, 0.4) is 0 Å². The summed E-state index contributed by atoms with van der Waals surface area (Å²) in [5.41, 5.74) is 21.4. The number of hydrogen-bond acceptors (Lipinski definition) is 8. The number of carbonyl (C=O) groups excluding carboxylic acids is 1. The molecule has 11 heteroatoms. The summed E-state index contributed by atoms with van der Waals surface area (Å²) in [6.45, 7) is 0. The van der Waals surface area contributed by atoms with E-state index in [-0.39, 0.29) is 16.4 Å². The normalized spacial score (nSPS) is 11.9. The Balaban J connectivity index is 1.88. The topological polar surface area (TPSA) is 181 Å². The quantitative estimate of drug-likeness (QED) is 0.122. The lowest BCUT2D eigenvalue weighted by atomic mass is 10.1. The van der Waals surface area contributed by atoms with E-state index in [0.29, 0.717) is 39.6 Å². The number of aromatic nitrogens is 1. The van der Waals surface area contributed by atoms with Crippen molar-refractivity contribution >= 4 is 64.2 Å². The molecule has 9 N–H and O–H groups in total. The minimum Gasteiger partial charge on any atom is -0.404 e. The van der Waals surface area contributed by atoms with Crippen LogP contribution in [0.15, 0.2) is 76.6 Å². The van der Waals surface area contributed by atoms with Gasteiger partial charge in [0.15, 0.2) is 0 Å². The van der Waals surface area contributed by atoms with Gasteiger partial charge in [-0.3, -0.25) is 14.8 Å². The molecule has 0 aliphatic carbocycles. The first kappa shape index (κ1) is 24.9. The maximum absolute atomic E-state index is 12.4. The summed E-state index contributed by atoms with van der Waals surface area (Å²) in [5.74, 6) is -0.211. The zero-order valence-electron chi connectivity index (χ0n) is 18.8. The largest absolute Gasteiger partial charge is 0.404 e. The van der Waals surface area contributed by atoms with Crippen molar-refractivity contribution in [2.24, 2.45) is 21.5 Å². The number of amidine groups is 1. The molecule has 0 fully saturated rings. The van der Waals surface area contributed by atoms with Crippen molar-refractivity contribution in [1.82, 2.24) is 4.98 Å². The van der Waals surface area contributed by atoms with E-state index in [0.717, 1.165) is 6.21 Å². The molecule has 178 valence electrons. The van der Waals surface area contributed by atoms with E-state index >= 15 is 0 Å². The van der Waals surface area contributed by atoms with E-state index < -0.39 is 5.91 Å². The highest BCUT2D eigenvalue weighted by atomic mass is 35.5. The summed E-state index contributed by atoms with van der Waals surface area (Å²) >= 11 is 6.35. The standard InChI is InChI=1S/C24H24ClN9O/c1-30-12-14(10-26)24(35)33-16-4-2-3-15(9-16)32-21-13-31-8-7-17(21)23(29)34-20-6-5-19(28)18(11-27)22(20)25/h2-13,27,32H,26,28H2,1H3,(H2,29,34)(H,33,35)/b14-10+,27-11?,30-12?. The average Bonchev–Trinajstić information content (AvgIpc) is 2.85. The van der Waals surface area contributed by atoms with Crippen molar-refractivity contribution in [1.29, 1.82) is 5.41 Å². The number of hydrogen-bond donors (Lipinski definition) is 6. The molecule has 1 aromatic heterocycles. The number of anilines is 4. The Morgan fingerprint density at radius 3 is 2.69 bits per heavy atom. The highest BCUT2D eigenvalue weighted by Crippen LogP contribution is 2.32. The number of nitrogens with two attached hydrogens (primary N) is 3. The van der Waals surface area contributed by atoms with Gasteiger partial charge < -0.3 is 33.2 Å². The van der Waals surface area contributed by atoms with Crippen LogP contribution in [0.1, 0.15) is 11.1 Å². The van der Waals surface area contributed by atoms with Gasteiger partial charge in [0, 0.05) is 60.1 Å². The van der Waals surface area contributed by atoms with E-state index in [4.69, 9.17) is 34.2 Å². The second-order valence-electron chi connectivity index (χ2n) is 7.13. The number of rotatable bonds is 8. The Morgan fingerprint density at radius 1 is 1.20 bits per heavy atom. The number of aliphatic imine (C=N–C) groups is 2. The molecule has 3 rings (SSSR count). The fraction of sp³-hybridized carbons (Fsp3) is 0.0417. The number of nitrogens with zero attached hydrogens (tertiary/aromatic N) is 3. The van der Waals surface area contributed by atoms with Crippen LogP contribution in [0, 0.1) is 5.41 Å². The van der Waals surface area contributed by atoms with Crippen LogP contribution >= 0.6 is 11.6 Å². The number of nitrogen functional groups attached to an aromatic ring is 1. The molecule has 0 saturated heterocycles. The number of carbonyl (C=O) groups is 1. The van der Waals surface area contributed by atoms with Crippen molar-refractivity contribution in [3.8, 4) is 0 Å². The first-order valence-corrected chi connectivity index (χ1v) is 10.6. The van der Waals surface area contributed by atoms with Crippen molar-refractivity contribution in [2.75, 3.05) is 23.4 Å². The molecule has 1 amide bonds. The van der Waals surface area contributed by atoms with Gasteiger partial charge in [0.1, 0.15) is 5.84 Å². The SMILES string of the molecule is CN=C/C(=C\N)C(=O)Nc1cccc(Nc2cnccc2C(N)=Nc2ccc(N)c(C=N)c2Cl)c1. The predicted octanol–water partition coefficient (Wildman–Crippen LogP) is 3.58. The summed E-state index contributed by atoms with van der Waals surface area (Å²) in [4.78, 5) is 24.8. The van der Waals surface area contributed by atoms with Crippen LogP contribution in [0.25, 0.3) is 0 Å². The van der Waals surface area contributed by atoms with Crippen molar-refractivity contribution in [3.05, 3.63) is 82.8 Å². The Hall–Kier alpha value is -4.70. The van der Waals surface area contributed by atoms with Crippen LogP contribution < -0.4 is 27.8 Å². The Morgan fingerprint density at radius 2 is 1.97 bits per heavy atom. The average molecular weight is 490 g/mol. The summed E-state index contributed by atoms with van der Waals surface area (Å²) in [5, 5.41) is 13.8. The Labute approximate surface area is 207 Å². The Kier molecular flexibility index (Phi) is 8.15. The van der Waals surface area contributed by atoms with Crippen molar-refractivity contribution < 1.29 is 4.79 Å². The van der Waals surface area contributed by atoms with Gasteiger partial charge in [0.05, 0.1) is 28.2 Å². The second-order valence-corrected chi connectivity index (χ2v) is 7.51. The number of benzene rings is 2. The van der Waals surface area contributed by atoms with Crippen LogP contribution in [0.4, 0.5) is 28.4 Å². The van der Waals surface area contributed by atoms with Gasteiger partial charge in [-0.2, -0.15) is 0 Å². The molecule has 0 unspecified atom stereocenters. The van der Waals surface area contributed by atoms with E-state index in [9.17, 15) is 4.79 Å². The molecule has 1 heterocycles. The lowest BCUT2D eigenvalue weighted by Gasteiger charge is -2.13. The summed E-state index contributed by atoms with van der Waals surface area (Å²) < 4.78 is 0. The van der Waals surface area contributed by atoms with Gasteiger partial charge in [-0.25, -0.2) is 4.99 Å². The first-order chi connectivity index (χ1) is 16.9. The van der Waals surface area contributed by atoms with Crippen LogP contribution in [0.5, 0.6) is 0 Å². The van der Waals surface area contributed by atoms with Gasteiger partial charge in [-0.15, -0.1) is 0 Å². The van der Waals surface area contributed by atoms with Gasteiger partial charge in [-0.1, -0.05) is 17.7 Å². The monoisotopic (exact) mass is 489 g/mol. The summed E-state index contributed by atoms with van der Waals surface area (Å²) in [7, 11) is 1.55. The minimum atomic E-state index is -0.390. The molecule has 0 saturated carbocycles. The molecule has 0 aliphatic heterocycles. The third kappa shape index (κ3) is 6.01. The van der Waals surface area contributed by atoms with Crippen LogP contribution in [0.2, 0.25) is 5.02 Å². The van der Waals surface area contributed by atoms with Crippen LogP contribution in [-0.2, 0) is 4.79 Å². The fourth-order valence-corrected chi connectivity index (χ4v) is 3.36. The van der Waals surface area contributed by atoms with Crippen molar-refractivity contribution in [2.45, 2.75) is 0 Å². The first-order valence-electron chi connectivity index (χ1n) is 10.3. The molecule has 3 aromatic rings. The highest BCUT2D eigenvalue weighted by Gasteiger charge is 2.12. The van der Waals surface area contributed by atoms with E-state index in [2.05, 4.69) is 25.6 Å². The fourth-order valence-electron chi connectivity index (χ4n) is 3.09. The molecule has 0 spiro atoms. The molecule has 2 aromatic carbocycles. The van der Waals surface area contributed by atoms with E-state index in [1.165, 1.54) is 12.4 Å². The maximum Gasteiger partial charge on any atom is 0.258 e. The van der Waals surface area contributed by atoms with Crippen molar-refractivity contribution in [3.63, 3.8) is 0 Å². The van der Waals surface area contributed by atoms with Gasteiger partial charge in [-0.05, 0) is 36.4 Å². The second kappa shape index (κ2) is 11.4. The lowest BCUT2D eigenvalue weighted by molar-refractivity contribution is -0.112.